The summed E-state index contributed by atoms with van der Waals surface area (Å²) < 4.78 is 0. The van der Waals surface area contributed by atoms with Gasteiger partial charge in [0.1, 0.15) is 0 Å². The van der Waals surface area contributed by atoms with E-state index in [-0.39, 0.29) is 0 Å². The fourth-order valence-electron chi connectivity index (χ4n) is 2.52. The van der Waals surface area contributed by atoms with Gasteiger partial charge in [-0.25, -0.2) is 9.69 Å². The highest BCUT2D eigenvalue weighted by Crippen LogP contribution is 2.22. The van der Waals surface area contributed by atoms with Crippen LogP contribution in [0.2, 0.25) is 0 Å². The Labute approximate surface area is 145 Å². The number of hydrogen-bond acceptors (Lipinski definition) is 4. The maximum atomic E-state index is 12.7. The van der Waals surface area contributed by atoms with Crippen LogP contribution in [-0.2, 0) is 9.59 Å². The molecular weight excluding hydrogens is 318 g/mol. The van der Waals surface area contributed by atoms with Crippen LogP contribution < -0.4 is 10.2 Å². The summed E-state index contributed by atoms with van der Waals surface area (Å²) in [6, 6.07) is 13.6. The standard InChI is InChI=1S/C19H17N3O3/c1-12-6-8-14(9-7-12)20-11-16-17(23)21-19(25)22(18(16)24)15-5-3-4-13(2)10-15/h3-11,16H,1-2H3,(H,21,23,25)/t16-/m1/s1. The van der Waals surface area contributed by atoms with Gasteiger partial charge < -0.3 is 0 Å². The summed E-state index contributed by atoms with van der Waals surface area (Å²) >= 11 is 0. The van der Waals surface area contributed by atoms with Crippen molar-refractivity contribution in [3.63, 3.8) is 0 Å². The normalized spacial score (nSPS) is 17.9. The summed E-state index contributed by atoms with van der Waals surface area (Å²) in [6.07, 6.45) is 1.28. The van der Waals surface area contributed by atoms with Gasteiger partial charge in [-0.05, 0) is 43.7 Å². The highest BCUT2D eigenvalue weighted by molar-refractivity contribution is 6.32. The monoisotopic (exact) mass is 335 g/mol. The van der Waals surface area contributed by atoms with Crippen molar-refractivity contribution in [1.29, 1.82) is 0 Å². The maximum absolute atomic E-state index is 12.7. The van der Waals surface area contributed by atoms with E-state index in [1.54, 1.807) is 30.3 Å². The number of aryl methyl sites for hydroxylation is 2. The lowest BCUT2D eigenvalue weighted by Gasteiger charge is -2.28. The predicted molar refractivity (Wildman–Crippen MR) is 95.0 cm³/mol. The first-order valence-corrected chi connectivity index (χ1v) is 7.82. The lowest BCUT2D eigenvalue weighted by molar-refractivity contribution is -0.131. The van der Waals surface area contributed by atoms with E-state index in [0.29, 0.717) is 11.4 Å². The van der Waals surface area contributed by atoms with Gasteiger partial charge in [-0.3, -0.25) is 19.9 Å². The number of benzene rings is 2. The molecule has 1 saturated heterocycles. The predicted octanol–water partition coefficient (Wildman–Crippen LogP) is 2.90. The molecule has 1 aliphatic rings. The minimum absolute atomic E-state index is 0.420. The van der Waals surface area contributed by atoms with Gasteiger partial charge in [-0.1, -0.05) is 29.8 Å². The number of amides is 4. The number of carbonyl (C=O) groups is 3. The maximum Gasteiger partial charge on any atom is 0.335 e. The third-order valence-electron chi connectivity index (χ3n) is 3.87. The third-order valence-corrected chi connectivity index (χ3v) is 3.87. The Balaban J connectivity index is 1.89. The van der Waals surface area contributed by atoms with Crippen LogP contribution in [0.25, 0.3) is 0 Å². The average molecular weight is 335 g/mol. The Kier molecular flexibility index (Phi) is 4.43. The molecular formula is C19H17N3O3. The molecule has 2 aromatic carbocycles. The minimum atomic E-state index is -1.15. The average Bonchev–Trinajstić information content (AvgIpc) is 2.56. The van der Waals surface area contributed by atoms with E-state index in [2.05, 4.69) is 10.3 Å². The number of imide groups is 2. The van der Waals surface area contributed by atoms with Crippen molar-refractivity contribution >= 4 is 35.4 Å². The van der Waals surface area contributed by atoms with Crippen LogP contribution in [-0.4, -0.2) is 24.1 Å². The van der Waals surface area contributed by atoms with Gasteiger partial charge in [0.05, 0.1) is 11.4 Å². The molecule has 25 heavy (non-hydrogen) atoms. The van der Waals surface area contributed by atoms with Crippen LogP contribution >= 0.6 is 0 Å². The summed E-state index contributed by atoms with van der Waals surface area (Å²) in [5.74, 6) is -2.44. The quantitative estimate of drug-likeness (QED) is 0.692. The molecule has 2 aromatic rings. The first-order chi connectivity index (χ1) is 12.0. The van der Waals surface area contributed by atoms with Gasteiger partial charge in [0, 0.05) is 6.21 Å². The smallest absolute Gasteiger partial charge is 0.276 e. The van der Waals surface area contributed by atoms with Crippen LogP contribution in [0, 0.1) is 19.8 Å². The fraction of sp³-hybridized carbons (Fsp3) is 0.158. The number of rotatable bonds is 3. The topological polar surface area (TPSA) is 78.8 Å². The number of urea groups is 1. The zero-order chi connectivity index (χ0) is 18.0. The lowest BCUT2D eigenvalue weighted by atomic mass is 10.1. The van der Waals surface area contributed by atoms with Gasteiger partial charge in [-0.2, -0.15) is 0 Å². The Morgan fingerprint density at radius 1 is 1.00 bits per heavy atom. The van der Waals surface area contributed by atoms with E-state index in [1.165, 1.54) is 6.21 Å². The van der Waals surface area contributed by atoms with Gasteiger partial charge in [0.25, 0.3) is 5.91 Å². The molecule has 126 valence electrons. The molecule has 1 N–H and O–H groups in total. The van der Waals surface area contributed by atoms with Crippen molar-refractivity contribution in [2.24, 2.45) is 10.9 Å². The van der Waals surface area contributed by atoms with E-state index in [9.17, 15) is 14.4 Å². The van der Waals surface area contributed by atoms with Crippen LogP contribution in [0.4, 0.5) is 16.2 Å². The molecule has 0 bridgehead atoms. The highest BCUT2D eigenvalue weighted by Gasteiger charge is 2.40. The Morgan fingerprint density at radius 3 is 2.40 bits per heavy atom. The van der Waals surface area contributed by atoms with Gasteiger partial charge in [0.15, 0.2) is 5.92 Å². The number of carbonyl (C=O) groups excluding carboxylic acids is 3. The first-order valence-electron chi connectivity index (χ1n) is 7.82. The van der Waals surface area contributed by atoms with Crippen molar-refractivity contribution in [3.05, 3.63) is 59.7 Å². The number of nitrogens with one attached hydrogen (secondary N) is 1. The molecule has 0 aromatic heterocycles. The van der Waals surface area contributed by atoms with Crippen LogP contribution in [0.15, 0.2) is 53.5 Å². The van der Waals surface area contributed by atoms with E-state index in [4.69, 9.17) is 0 Å². The second-order valence-electron chi connectivity index (χ2n) is 5.90. The zero-order valence-corrected chi connectivity index (χ0v) is 13.9. The molecule has 6 nitrogen and oxygen atoms in total. The summed E-state index contributed by atoms with van der Waals surface area (Å²) in [5.41, 5.74) is 3.04. The van der Waals surface area contributed by atoms with Gasteiger partial charge in [0.2, 0.25) is 5.91 Å². The SMILES string of the molecule is Cc1ccc(N=C[C@@H]2C(=O)NC(=O)N(c3cccc(C)c3)C2=O)cc1. The Hall–Kier alpha value is -3.28. The molecule has 6 heteroatoms. The molecule has 0 radical (unpaired) electrons. The molecule has 3 rings (SSSR count). The van der Waals surface area contributed by atoms with E-state index in [0.717, 1.165) is 16.0 Å². The summed E-state index contributed by atoms with van der Waals surface area (Å²) in [5, 5.41) is 2.21. The van der Waals surface area contributed by atoms with Crippen LogP contribution in [0.3, 0.4) is 0 Å². The Bertz CT molecular complexity index is 872. The second-order valence-corrected chi connectivity index (χ2v) is 5.90. The van der Waals surface area contributed by atoms with Crippen molar-refractivity contribution in [2.45, 2.75) is 13.8 Å². The molecule has 0 spiro atoms. The molecule has 1 aliphatic heterocycles. The van der Waals surface area contributed by atoms with Gasteiger partial charge >= 0.3 is 6.03 Å². The lowest BCUT2D eigenvalue weighted by Crippen LogP contribution is -2.58. The Morgan fingerprint density at radius 2 is 1.72 bits per heavy atom. The van der Waals surface area contributed by atoms with Crippen molar-refractivity contribution in [1.82, 2.24) is 5.32 Å². The number of hydrogen-bond donors (Lipinski definition) is 1. The van der Waals surface area contributed by atoms with E-state index in [1.807, 2.05) is 32.0 Å². The molecule has 4 amide bonds. The van der Waals surface area contributed by atoms with Crippen molar-refractivity contribution in [3.8, 4) is 0 Å². The minimum Gasteiger partial charge on any atom is -0.276 e. The van der Waals surface area contributed by atoms with Gasteiger partial charge in [-0.15, -0.1) is 0 Å². The molecule has 1 atom stereocenters. The number of anilines is 1. The molecule has 0 aliphatic carbocycles. The molecule has 1 fully saturated rings. The van der Waals surface area contributed by atoms with Crippen LogP contribution in [0.1, 0.15) is 11.1 Å². The fourth-order valence-corrected chi connectivity index (χ4v) is 2.52. The highest BCUT2D eigenvalue weighted by atomic mass is 16.2. The van der Waals surface area contributed by atoms with Crippen molar-refractivity contribution < 1.29 is 14.4 Å². The molecule has 0 saturated carbocycles. The molecule has 0 unspecified atom stereocenters. The van der Waals surface area contributed by atoms with E-state index < -0.39 is 23.8 Å². The largest absolute Gasteiger partial charge is 0.335 e. The number of barbiturate groups is 1. The van der Waals surface area contributed by atoms with Crippen molar-refractivity contribution in [2.75, 3.05) is 4.90 Å². The summed E-state index contributed by atoms with van der Waals surface area (Å²) in [6.45, 7) is 3.81. The second kappa shape index (κ2) is 6.68. The summed E-state index contributed by atoms with van der Waals surface area (Å²) in [4.78, 5) is 42.0. The zero-order valence-electron chi connectivity index (χ0n) is 13.9. The third kappa shape index (κ3) is 3.47. The number of aliphatic imine (C=N–C) groups is 1. The number of nitrogens with zero attached hydrogens (tertiary/aromatic N) is 2. The van der Waals surface area contributed by atoms with Crippen LogP contribution in [0.5, 0.6) is 0 Å². The molecule has 1 heterocycles. The first kappa shape index (κ1) is 16.6. The summed E-state index contributed by atoms with van der Waals surface area (Å²) in [7, 11) is 0. The van der Waals surface area contributed by atoms with E-state index >= 15 is 0 Å².